The topological polar surface area (TPSA) is 18.5 Å². The number of rotatable bonds is 4. The minimum Gasteiger partial charge on any atom is -0.483 e. The quantitative estimate of drug-likeness (QED) is 0.766. The molecule has 1 aromatic rings. The summed E-state index contributed by atoms with van der Waals surface area (Å²) in [5.74, 6) is 0.970. The van der Waals surface area contributed by atoms with Crippen LogP contribution in [0, 0.1) is 0 Å². The van der Waals surface area contributed by atoms with Gasteiger partial charge < -0.3 is 9.47 Å². The number of halogens is 1. The van der Waals surface area contributed by atoms with Crippen LogP contribution < -0.4 is 4.74 Å². The first-order chi connectivity index (χ1) is 8.52. The molecule has 0 bridgehead atoms. The molecule has 0 fully saturated rings. The van der Waals surface area contributed by atoms with E-state index in [1.165, 1.54) is 11.1 Å². The van der Waals surface area contributed by atoms with E-state index in [-0.39, 0.29) is 5.60 Å². The van der Waals surface area contributed by atoms with Crippen molar-refractivity contribution in [2.45, 2.75) is 32.3 Å². The predicted octanol–water partition coefficient (Wildman–Crippen LogP) is 4.43. The van der Waals surface area contributed by atoms with Crippen LogP contribution in [0.5, 0.6) is 5.75 Å². The van der Waals surface area contributed by atoms with Gasteiger partial charge >= 0.3 is 0 Å². The molecule has 1 aliphatic heterocycles. The van der Waals surface area contributed by atoms with E-state index in [1.807, 2.05) is 12.1 Å². The average molecular weight is 311 g/mol. The van der Waals surface area contributed by atoms with E-state index >= 15 is 0 Å². The van der Waals surface area contributed by atoms with Crippen LogP contribution in [0.3, 0.4) is 0 Å². The molecule has 0 aliphatic carbocycles. The Bertz CT molecular complexity index is 464. The van der Waals surface area contributed by atoms with Gasteiger partial charge in [-0.1, -0.05) is 15.9 Å². The monoisotopic (exact) mass is 310 g/mol. The zero-order chi connectivity index (χ0) is 13.2. The molecular formula is C15H19BrO2. The zero-order valence-electron chi connectivity index (χ0n) is 11.1. The summed E-state index contributed by atoms with van der Waals surface area (Å²) in [5, 5.41) is 0. The number of ether oxygens (including phenoxy) is 2. The van der Waals surface area contributed by atoms with E-state index in [0.717, 1.165) is 29.7 Å². The summed E-state index contributed by atoms with van der Waals surface area (Å²) in [5.41, 5.74) is 2.31. The smallest absolute Gasteiger partial charge is 0.128 e. The van der Waals surface area contributed by atoms with E-state index < -0.39 is 0 Å². The number of allylic oxidation sites excluding steroid dienone is 1. The standard InChI is InChI=1S/C15H19BrO2/c1-15(2)10-11(5-4-8-17-3)13-9-12(16)6-7-14(13)18-15/h6-7,9-10H,4-5,8H2,1-3H3. The molecule has 0 amide bonds. The van der Waals surface area contributed by atoms with Crippen LogP contribution >= 0.6 is 15.9 Å². The van der Waals surface area contributed by atoms with Gasteiger partial charge in [-0.05, 0) is 56.5 Å². The van der Waals surface area contributed by atoms with Gasteiger partial charge in [0, 0.05) is 23.8 Å². The SMILES string of the molecule is COCCCC1=CC(C)(C)Oc2ccc(Br)cc21. The summed E-state index contributed by atoms with van der Waals surface area (Å²) in [6, 6.07) is 6.18. The molecule has 2 nitrogen and oxygen atoms in total. The van der Waals surface area contributed by atoms with Gasteiger partial charge in [0.25, 0.3) is 0 Å². The van der Waals surface area contributed by atoms with Crippen LogP contribution in [0.2, 0.25) is 0 Å². The van der Waals surface area contributed by atoms with Crippen LogP contribution in [0.4, 0.5) is 0 Å². The third-order valence-electron chi connectivity index (χ3n) is 2.98. The molecule has 0 N–H and O–H groups in total. The molecule has 0 unspecified atom stereocenters. The second-order valence-electron chi connectivity index (χ2n) is 5.11. The lowest BCUT2D eigenvalue weighted by Crippen LogP contribution is -2.29. The predicted molar refractivity (Wildman–Crippen MR) is 77.9 cm³/mol. The fourth-order valence-corrected chi connectivity index (χ4v) is 2.63. The second-order valence-corrected chi connectivity index (χ2v) is 6.03. The molecule has 0 aromatic heterocycles. The van der Waals surface area contributed by atoms with Crippen molar-refractivity contribution in [2.75, 3.05) is 13.7 Å². The van der Waals surface area contributed by atoms with Gasteiger partial charge in [-0.15, -0.1) is 0 Å². The first-order valence-electron chi connectivity index (χ1n) is 6.21. The highest BCUT2D eigenvalue weighted by atomic mass is 79.9. The lowest BCUT2D eigenvalue weighted by atomic mass is 9.92. The van der Waals surface area contributed by atoms with Gasteiger partial charge in [0.2, 0.25) is 0 Å². The summed E-state index contributed by atoms with van der Waals surface area (Å²) in [6.45, 7) is 4.98. The Morgan fingerprint density at radius 3 is 2.83 bits per heavy atom. The zero-order valence-corrected chi connectivity index (χ0v) is 12.7. The molecule has 0 spiro atoms. The maximum atomic E-state index is 5.98. The van der Waals surface area contributed by atoms with Gasteiger partial charge in [0.1, 0.15) is 11.4 Å². The van der Waals surface area contributed by atoms with E-state index in [0.29, 0.717) is 0 Å². The van der Waals surface area contributed by atoms with Gasteiger partial charge in [-0.2, -0.15) is 0 Å². The van der Waals surface area contributed by atoms with E-state index in [4.69, 9.17) is 9.47 Å². The van der Waals surface area contributed by atoms with Crippen molar-refractivity contribution in [2.24, 2.45) is 0 Å². The van der Waals surface area contributed by atoms with Crippen LogP contribution in [0.25, 0.3) is 5.57 Å². The number of fused-ring (bicyclic) bond motifs is 1. The molecular weight excluding hydrogens is 292 g/mol. The highest BCUT2D eigenvalue weighted by Gasteiger charge is 2.26. The second kappa shape index (κ2) is 5.45. The van der Waals surface area contributed by atoms with Crippen molar-refractivity contribution in [1.82, 2.24) is 0 Å². The van der Waals surface area contributed by atoms with E-state index in [9.17, 15) is 0 Å². The summed E-state index contributed by atoms with van der Waals surface area (Å²) < 4.78 is 12.2. The molecule has 1 heterocycles. The van der Waals surface area contributed by atoms with Crippen molar-refractivity contribution < 1.29 is 9.47 Å². The first kappa shape index (κ1) is 13.6. The molecule has 18 heavy (non-hydrogen) atoms. The maximum Gasteiger partial charge on any atom is 0.128 e. The Balaban J connectivity index is 2.30. The van der Waals surface area contributed by atoms with Crippen LogP contribution in [0.1, 0.15) is 32.3 Å². The van der Waals surface area contributed by atoms with Crippen LogP contribution in [-0.4, -0.2) is 19.3 Å². The van der Waals surface area contributed by atoms with Crippen molar-refractivity contribution in [3.8, 4) is 5.75 Å². The molecule has 2 rings (SSSR count). The lowest BCUT2D eigenvalue weighted by Gasteiger charge is -2.31. The third-order valence-corrected chi connectivity index (χ3v) is 3.47. The van der Waals surface area contributed by atoms with Crippen LogP contribution in [0.15, 0.2) is 28.7 Å². The molecule has 1 aliphatic rings. The average Bonchev–Trinajstić information content (AvgIpc) is 2.29. The van der Waals surface area contributed by atoms with Crippen molar-refractivity contribution in [1.29, 1.82) is 0 Å². The van der Waals surface area contributed by atoms with E-state index in [2.05, 4.69) is 41.9 Å². The maximum absolute atomic E-state index is 5.98. The van der Waals surface area contributed by atoms with Crippen LogP contribution in [-0.2, 0) is 4.74 Å². The number of benzene rings is 1. The minimum absolute atomic E-state index is 0.233. The molecule has 0 saturated carbocycles. The molecule has 0 radical (unpaired) electrons. The normalized spacial score (nSPS) is 16.8. The van der Waals surface area contributed by atoms with Crippen molar-refractivity contribution in [3.63, 3.8) is 0 Å². The minimum atomic E-state index is -0.233. The molecule has 3 heteroatoms. The Hall–Kier alpha value is -0.800. The lowest BCUT2D eigenvalue weighted by molar-refractivity contribution is 0.157. The fourth-order valence-electron chi connectivity index (χ4n) is 2.27. The first-order valence-corrected chi connectivity index (χ1v) is 7.01. The Morgan fingerprint density at radius 2 is 2.11 bits per heavy atom. The van der Waals surface area contributed by atoms with Crippen molar-refractivity contribution >= 4 is 21.5 Å². The summed E-state index contributed by atoms with van der Waals surface area (Å²) >= 11 is 3.52. The largest absolute Gasteiger partial charge is 0.483 e. The summed E-state index contributed by atoms with van der Waals surface area (Å²) in [4.78, 5) is 0. The molecule has 98 valence electrons. The third kappa shape index (κ3) is 3.15. The van der Waals surface area contributed by atoms with Gasteiger partial charge in [0.15, 0.2) is 0 Å². The van der Waals surface area contributed by atoms with Gasteiger partial charge in [-0.3, -0.25) is 0 Å². The summed E-state index contributed by atoms with van der Waals surface area (Å²) in [6.07, 6.45) is 4.27. The molecule has 0 saturated heterocycles. The fraction of sp³-hybridized carbons (Fsp3) is 0.467. The van der Waals surface area contributed by atoms with Gasteiger partial charge in [0.05, 0.1) is 0 Å². The molecule has 0 atom stereocenters. The molecule has 1 aromatic carbocycles. The Labute approximate surface area is 117 Å². The van der Waals surface area contributed by atoms with E-state index in [1.54, 1.807) is 7.11 Å². The number of hydrogen-bond acceptors (Lipinski definition) is 2. The number of methoxy groups -OCH3 is 1. The van der Waals surface area contributed by atoms with Gasteiger partial charge in [-0.25, -0.2) is 0 Å². The highest BCUT2D eigenvalue weighted by Crippen LogP contribution is 2.39. The Kier molecular flexibility index (Phi) is 4.13. The summed E-state index contributed by atoms with van der Waals surface area (Å²) in [7, 11) is 1.74. The number of hydrogen-bond donors (Lipinski definition) is 0. The highest BCUT2D eigenvalue weighted by molar-refractivity contribution is 9.10. The Morgan fingerprint density at radius 1 is 1.33 bits per heavy atom. The van der Waals surface area contributed by atoms with Crippen molar-refractivity contribution in [3.05, 3.63) is 34.3 Å².